The summed E-state index contributed by atoms with van der Waals surface area (Å²) in [7, 11) is 0. The first-order valence-corrected chi connectivity index (χ1v) is 7.42. The zero-order chi connectivity index (χ0) is 18.0. The molecule has 2 heterocycles. The lowest BCUT2D eigenvalue weighted by atomic mass is 10.2. The third-order valence-corrected chi connectivity index (χ3v) is 3.59. The molecular formula is C15H14F3N3O4. The Bertz CT molecular complexity index is 797. The number of carbonyl (C=O) groups excluding carboxylic acids is 2. The third-order valence-electron chi connectivity index (χ3n) is 3.59. The largest absolute Gasteiger partial charge is 0.573 e. The quantitative estimate of drug-likeness (QED) is 0.733. The van der Waals surface area contributed by atoms with Crippen LogP contribution >= 0.6 is 0 Å². The molecule has 1 atom stereocenters. The summed E-state index contributed by atoms with van der Waals surface area (Å²) in [6, 6.07) is 5.10. The van der Waals surface area contributed by atoms with E-state index < -0.39 is 30.0 Å². The van der Waals surface area contributed by atoms with E-state index in [1.807, 2.05) is 0 Å². The molecule has 0 spiro atoms. The number of fused-ring (bicyclic) bond motifs is 1. The van der Waals surface area contributed by atoms with Crippen LogP contribution < -0.4 is 15.6 Å². The highest BCUT2D eigenvalue weighted by Gasteiger charge is 2.31. The first-order valence-electron chi connectivity index (χ1n) is 7.42. The van der Waals surface area contributed by atoms with Gasteiger partial charge in [0, 0.05) is 23.6 Å². The van der Waals surface area contributed by atoms with Gasteiger partial charge in [0.1, 0.15) is 17.5 Å². The summed E-state index contributed by atoms with van der Waals surface area (Å²) in [6.45, 7) is 0.496. The molecule has 1 aliphatic rings. The Balaban J connectivity index is 1.66. The summed E-state index contributed by atoms with van der Waals surface area (Å²) < 4.78 is 45.7. The van der Waals surface area contributed by atoms with E-state index in [2.05, 4.69) is 20.6 Å². The second-order valence-corrected chi connectivity index (χ2v) is 5.42. The van der Waals surface area contributed by atoms with E-state index in [9.17, 15) is 22.8 Å². The first-order chi connectivity index (χ1) is 11.8. The van der Waals surface area contributed by atoms with Gasteiger partial charge in [-0.2, -0.15) is 0 Å². The number of alkyl halides is 3. The van der Waals surface area contributed by atoms with Crippen molar-refractivity contribution >= 4 is 22.7 Å². The minimum atomic E-state index is -4.80. The van der Waals surface area contributed by atoms with Crippen LogP contribution in [-0.4, -0.2) is 35.9 Å². The van der Waals surface area contributed by atoms with Gasteiger partial charge < -0.3 is 14.5 Å². The topological polar surface area (TPSA) is 92.5 Å². The number of aromatic amines is 1. The number of hydrogen-bond acceptors (Lipinski definition) is 4. The van der Waals surface area contributed by atoms with Crippen LogP contribution in [0.15, 0.2) is 24.3 Å². The fourth-order valence-corrected chi connectivity index (χ4v) is 2.48. The average Bonchev–Trinajstić information content (AvgIpc) is 3.19. The minimum Gasteiger partial charge on any atom is -0.406 e. The Morgan fingerprint density at radius 2 is 2.04 bits per heavy atom. The summed E-state index contributed by atoms with van der Waals surface area (Å²) in [6.07, 6.45) is -4.04. The Morgan fingerprint density at radius 3 is 2.72 bits per heavy atom. The lowest BCUT2D eigenvalue weighted by Crippen LogP contribution is -2.46. The number of amides is 2. The van der Waals surface area contributed by atoms with Crippen LogP contribution in [0.4, 0.5) is 13.2 Å². The van der Waals surface area contributed by atoms with Crippen LogP contribution in [0.25, 0.3) is 10.9 Å². The second-order valence-electron chi connectivity index (χ2n) is 5.42. The van der Waals surface area contributed by atoms with Gasteiger partial charge in [-0.05, 0) is 31.0 Å². The summed E-state index contributed by atoms with van der Waals surface area (Å²) in [4.78, 5) is 26.5. The number of hydrogen-bond donors (Lipinski definition) is 3. The molecule has 0 radical (unpaired) electrons. The van der Waals surface area contributed by atoms with E-state index >= 15 is 0 Å². The van der Waals surface area contributed by atoms with Gasteiger partial charge in [0.2, 0.25) is 0 Å². The van der Waals surface area contributed by atoms with Crippen LogP contribution in [0.5, 0.6) is 5.75 Å². The highest BCUT2D eigenvalue weighted by Crippen LogP contribution is 2.26. The van der Waals surface area contributed by atoms with Gasteiger partial charge in [-0.3, -0.25) is 20.4 Å². The van der Waals surface area contributed by atoms with Gasteiger partial charge in [-0.15, -0.1) is 13.2 Å². The Hall–Kier alpha value is -2.75. The first kappa shape index (κ1) is 17.1. The molecule has 0 bridgehead atoms. The van der Waals surface area contributed by atoms with Crippen molar-refractivity contribution in [2.75, 3.05) is 6.61 Å². The van der Waals surface area contributed by atoms with Gasteiger partial charge in [0.15, 0.2) is 0 Å². The molecule has 7 nitrogen and oxygen atoms in total. The van der Waals surface area contributed by atoms with Gasteiger partial charge in [0.05, 0.1) is 0 Å². The molecule has 1 saturated heterocycles. The molecule has 2 aromatic rings. The zero-order valence-corrected chi connectivity index (χ0v) is 12.8. The Labute approximate surface area is 139 Å². The van der Waals surface area contributed by atoms with Crippen LogP contribution in [0, 0.1) is 0 Å². The maximum atomic E-state index is 12.2. The maximum absolute atomic E-state index is 12.2. The van der Waals surface area contributed by atoms with Gasteiger partial charge in [-0.1, -0.05) is 0 Å². The predicted octanol–water partition coefficient (Wildman–Crippen LogP) is 2.01. The van der Waals surface area contributed by atoms with Crippen LogP contribution in [0.3, 0.4) is 0 Å². The minimum absolute atomic E-state index is 0.0757. The molecule has 1 fully saturated rings. The smallest absolute Gasteiger partial charge is 0.406 e. The molecule has 1 unspecified atom stereocenters. The number of benzene rings is 1. The van der Waals surface area contributed by atoms with Crippen LogP contribution in [0.1, 0.15) is 23.3 Å². The lowest BCUT2D eigenvalue weighted by Gasteiger charge is -2.10. The molecule has 1 aromatic heterocycles. The number of ether oxygens (including phenoxy) is 2. The van der Waals surface area contributed by atoms with Crippen molar-refractivity contribution < 1.29 is 32.2 Å². The van der Waals surface area contributed by atoms with Crippen molar-refractivity contribution in [1.82, 2.24) is 15.8 Å². The standard InChI is InChI=1S/C15H14F3N3O4/c16-15(17,18)25-9-4-3-8-6-11(19-10(8)7-9)13(22)20-21-14(23)12-2-1-5-24-12/h3-4,6-7,12,19H,1-2,5H2,(H,20,22)(H,21,23). The number of hydrazine groups is 1. The summed E-state index contributed by atoms with van der Waals surface area (Å²) in [5, 5.41) is 0.519. The summed E-state index contributed by atoms with van der Waals surface area (Å²) >= 11 is 0. The fraction of sp³-hybridized carbons (Fsp3) is 0.333. The molecule has 3 rings (SSSR count). The van der Waals surface area contributed by atoms with Crippen LogP contribution in [-0.2, 0) is 9.53 Å². The predicted molar refractivity (Wildman–Crippen MR) is 79.6 cm³/mol. The third kappa shape index (κ3) is 4.21. The highest BCUT2D eigenvalue weighted by molar-refractivity contribution is 5.99. The number of nitrogens with one attached hydrogen (secondary N) is 3. The monoisotopic (exact) mass is 357 g/mol. The second kappa shape index (κ2) is 6.63. The van der Waals surface area contributed by atoms with Crippen molar-refractivity contribution in [1.29, 1.82) is 0 Å². The summed E-state index contributed by atoms with van der Waals surface area (Å²) in [5.41, 5.74) is 4.85. The van der Waals surface area contributed by atoms with Gasteiger partial charge in [0.25, 0.3) is 11.8 Å². The number of halogens is 3. The van der Waals surface area contributed by atoms with Crippen molar-refractivity contribution in [3.8, 4) is 5.75 Å². The zero-order valence-electron chi connectivity index (χ0n) is 12.8. The number of H-pyrrole nitrogens is 1. The average molecular weight is 357 g/mol. The Morgan fingerprint density at radius 1 is 1.24 bits per heavy atom. The van der Waals surface area contributed by atoms with Gasteiger partial charge >= 0.3 is 6.36 Å². The van der Waals surface area contributed by atoms with E-state index in [0.717, 1.165) is 18.6 Å². The molecule has 2 amide bonds. The lowest BCUT2D eigenvalue weighted by molar-refractivity contribution is -0.274. The number of carbonyl (C=O) groups is 2. The van der Waals surface area contributed by atoms with Gasteiger partial charge in [-0.25, -0.2) is 0 Å². The summed E-state index contributed by atoms with van der Waals surface area (Å²) in [5.74, 6) is -1.50. The normalized spacial score (nSPS) is 17.5. The Kier molecular flexibility index (Phi) is 4.53. The van der Waals surface area contributed by atoms with E-state index in [1.54, 1.807) is 0 Å². The van der Waals surface area contributed by atoms with Crippen molar-refractivity contribution in [3.63, 3.8) is 0 Å². The number of aromatic nitrogens is 1. The molecular weight excluding hydrogens is 343 g/mol. The molecule has 0 aliphatic carbocycles. The van der Waals surface area contributed by atoms with E-state index in [4.69, 9.17) is 4.74 Å². The molecule has 1 aromatic carbocycles. The van der Waals surface area contributed by atoms with E-state index in [1.165, 1.54) is 12.1 Å². The molecule has 134 valence electrons. The van der Waals surface area contributed by atoms with Crippen LogP contribution in [0.2, 0.25) is 0 Å². The molecule has 1 aliphatic heterocycles. The van der Waals surface area contributed by atoms with Crippen molar-refractivity contribution in [3.05, 3.63) is 30.0 Å². The van der Waals surface area contributed by atoms with Crippen molar-refractivity contribution in [2.45, 2.75) is 25.3 Å². The van der Waals surface area contributed by atoms with Crippen molar-refractivity contribution in [2.24, 2.45) is 0 Å². The molecule has 25 heavy (non-hydrogen) atoms. The fourth-order valence-electron chi connectivity index (χ4n) is 2.48. The molecule has 3 N–H and O–H groups in total. The maximum Gasteiger partial charge on any atom is 0.573 e. The molecule has 10 heteroatoms. The molecule has 0 saturated carbocycles. The SMILES string of the molecule is O=C(NNC(=O)C1CCCO1)c1cc2ccc(OC(F)(F)F)cc2[nH]1. The van der Waals surface area contributed by atoms with E-state index in [-0.39, 0.29) is 11.2 Å². The highest BCUT2D eigenvalue weighted by atomic mass is 19.4. The van der Waals surface area contributed by atoms with E-state index in [0.29, 0.717) is 18.4 Å². The number of rotatable bonds is 3.